The Hall–Kier alpha value is -6.65. The first-order valence-electron chi connectivity index (χ1n) is 16.4. The zero-order valence-electron chi connectivity index (χ0n) is 26.3. The van der Waals surface area contributed by atoms with Gasteiger partial charge in [-0.3, -0.25) is 4.98 Å². The van der Waals surface area contributed by atoms with Gasteiger partial charge in [0.1, 0.15) is 5.58 Å². The third-order valence-electron chi connectivity index (χ3n) is 9.54. The maximum Gasteiger partial charge on any atom is 0.153 e. The number of benzene rings is 6. The van der Waals surface area contributed by atoms with Gasteiger partial charge in [0.15, 0.2) is 5.58 Å². The smallest absolute Gasteiger partial charge is 0.153 e. The molecule has 0 atom stereocenters. The number of hydrogen-bond acceptors (Lipinski definition) is 4. The van der Waals surface area contributed by atoms with E-state index in [1.807, 2.05) is 24.4 Å². The first-order chi connectivity index (χ1) is 24.3. The van der Waals surface area contributed by atoms with Crippen LogP contribution >= 0.6 is 0 Å². The Morgan fingerprint density at radius 2 is 1.18 bits per heavy atom. The van der Waals surface area contributed by atoms with Crippen LogP contribution in [0.2, 0.25) is 0 Å². The highest BCUT2D eigenvalue weighted by atomic mass is 16.3. The minimum Gasteiger partial charge on any atom is -0.454 e. The van der Waals surface area contributed by atoms with Crippen LogP contribution in [0.15, 0.2) is 168 Å². The van der Waals surface area contributed by atoms with E-state index in [9.17, 15) is 0 Å². The molecule has 0 aliphatic heterocycles. The van der Waals surface area contributed by atoms with Crippen molar-refractivity contribution in [3.8, 4) is 44.8 Å². The fourth-order valence-corrected chi connectivity index (χ4v) is 7.24. The van der Waals surface area contributed by atoms with Gasteiger partial charge in [0.2, 0.25) is 0 Å². The standard InChI is InChI=1S/C45H27N3O/c1-2-10-30(11-3-1)42-43-34-14-5-7-16-39(34)48-45(36(43)26-40-44(42)35-23-24-46-27-41(35)49-40)31-19-17-28(18-20-31)32-12-8-13-33(25-32)38-22-21-29-9-4-6-15-37(29)47-38/h1-27H. The quantitative estimate of drug-likeness (QED) is 0.183. The van der Waals surface area contributed by atoms with E-state index in [0.717, 1.165) is 93.9 Å². The Balaban J connectivity index is 1.16. The van der Waals surface area contributed by atoms with Gasteiger partial charge in [-0.2, -0.15) is 0 Å². The molecule has 0 N–H and O–H groups in total. The third kappa shape index (κ3) is 4.49. The lowest BCUT2D eigenvalue weighted by Gasteiger charge is -2.16. The molecule has 0 amide bonds. The fourth-order valence-electron chi connectivity index (χ4n) is 7.24. The van der Waals surface area contributed by atoms with Crippen molar-refractivity contribution in [2.75, 3.05) is 0 Å². The van der Waals surface area contributed by atoms with Gasteiger partial charge in [0, 0.05) is 55.2 Å². The molecule has 10 rings (SSSR count). The monoisotopic (exact) mass is 625 g/mol. The SMILES string of the molecule is c1ccc(-c2c3c(cc4c(-c5ccc(-c6cccc(-c7ccc8ccccc8n7)c6)cc5)nc5ccccc5c24)oc2cnccc23)cc1. The third-order valence-corrected chi connectivity index (χ3v) is 9.54. The lowest BCUT2D eigenvalue weighted by Crippen LogP contribution is -1.93. The summed E-state index contributed by atoms with van der Waals surface area (Å²) in [6.45, 7) is 0. The van der Waals surface area contributed by atoms with Gasteiger partial charge in [-0.1, -0.05) is 115 Å². The number of pyridine rings is 3. The van der Waals surface area contributed by atoms with Crippen molar-refractivity contribution in [3.05, 3.63) is 164 Å². The average Bonchev–Trinajstić information content (AvgIpc) is 3.55. The van der Waals surface area contributed by atoms with E-state index in [1.165, 1.54) is 5.39 Å². The van der Waals surface area contributed by atoms with Crippen LogP contribution in [-0.4, -0.2) is 15.0 Å². The van der Waals surface area contributed by atoms with Crippen LogP contribution in [0, 0.1) is 0 Å². The van der Waals surface area contributed by atoms with Crippen molar-refractivity contribution in [1.29, 1.82) is 0 Å². The van der Waals surface area contributed by atoms with E-state index in [-0.39, 0.29) is 0 Å². The molecule has 10 aromatic rings. The summed E-state index contributed by atoms with van der Waals surface area (Å²) in [6, 6.07) is 53.1. The second kappa shape index (κ2) is 11.0. The number of aromatic nitrogens is 3. The van der Waals surface area contributed by atoms with Crippen LogP contribution in [0.3, 0.4) is 0 Å². The average molecular weight is 626 g/mol. The molecule has 0 radical (unpaired) electrons. The molecule has 4 heterocycles. The van der Waals surface area contributed by atoms with Crippen molar-refractivity contribution >= 4 is 54.5 Å². The summed E-state index contributed by atoms with van der Waals surface area (Å²) in [4.78, 5) is 14.6. The lowest BCUT2D eigenvalue weighted by molar-refractivity contribution is 0.667. The van der Waals surface area contributed by atoms with Crippen molar-refractivity contribution < 1.29 is 4.42 Å². The van der Waals surface area contributed by atoms with Crippen LogP contribution < -0.4 is 0 Å². The molecule has 0 saturated heterocycles. The van der Waals surface area contributed by atoms with Crippen LogP contribution in [-0.2, 0) is 0 Å². The second-order valence-electron chi connectivity index (χ2n) is 12.4. The molecule has 0 unspecified atom stereocenters. The molecule has 0 aliphatic rings. The van der Waals surface area contributed by atoms with Crippen LogP contribution in [0.25, 0.3) is 99.3 Å². The van der Waals surface area contributed by atoms with Crippen molar-refractivity contribution in [3.63, 3.8) is 0 Å². The molecule has 0 aliphatic carbocycles. The normalized spacial score (nSPS) is 11.7. The minimum absolute atomic E-state index is 0.772. The Morgan fingerprint density at radius 1 is 0.429 bits per heavy atom. The fraction of sp³-hybridized carbons (Fsp3) is 0. The van der Waals surface area contributed by atoms with E-state index in [4.69, 9.17) is 14.4 Å². The highest BCUT2D eigenvalue weighted by molar-refractivity contribution is 6.27. The maximum atomic E-state index is 6.48. The topological polar surface area (TPSA) is 51.8 Å². The van der Waals surface area contributed by atoms with E-state index in [1.54, 1.807) is 6.20 Å². The number of nitrogens with zero attached hydrogens (tertiary/aromatic N) is 3. The molecule has 0 bridgehead atoms. The molecule has 4 heteroatoms. The Kier molecular flexibility index (Phi) is 6.15. The molecule has 4 aromatic heterocycles. The van der Waals surface area contributed by atoms with Crippen LogP contribution in [0.4, 0.5) is 0 Å². The maximum absolute atomic E-state index is 6.48. The molecule has 6 aromatic carbocycles. The summed E-state index contributed by atoms with van der Waals surface area (Å²) < 4.78 is 6.48. The zero-order chi connectivity index (χ0) is 32.3. The van der Waals surface area contributed by atoms with E-state index < -0.39 is 0 Å². The highest BCUT2D eigenvalue weighted by Gasteiger charge is 2.21. The number of rotatable bonds is 4. The summed E-state index contributed by atoms with van der Waals surface area (Å²) in [7, 11) is 0. The van der Waals surface area contributed by atoms with Crippen molar-refractivity contribution in [2.24, 2.45) is 0 Å². The molecule has 228 valence electrons. The Morgan fingerprint density at radius 3 is 2.08 bits per heavy atom. The van der Waals surface area contributed by atoms with E-state index >= 15 is 0 Å². The summed E-state index contributed by atoms with van der Waals surface area (Å²) in [5.74, 6) is 0. The number of furan rings is 1. The van der Waals surface area contributed by atoms with Crippen molar-refractivity contribution in [1.82, 2.24) is 15.0 Å². The molecular formula is C45H27N3O. The van der Waals surface area contributed by atoms with E-state index in [2.05, 4.69) is 138 Å². The summed E-state index contributed by atoms with van der Waals surface area (Å²) in [5, 5.41) is 6.61. The lowest BCUT2D eigenvalue weighted by atomic mass is 9.89. The molecule has 4 nitrogen and oxygen atoms in total. The second-order valence-corrected chi connectivity index (χ2v) is 12.4. The Bertz CT molecular complexity index is 2870. The van der Waals surface area contributed by atoms with Gasteiger partial charge in [0.05, 0.1) is 28.6 Å². The van der Waals surface area contributed by atoms with Crippen LogP contribution in [0.5, 0.6) is 0 Å². The molecule has 0 fully saturated rings. The summed E-state index contributed by atoms with van der Waals surface area (Å²) in [5.41, 5.74) is 12.1. The largest absolute Gasteiger partial charge is 0.454 e. The predicted octanol–water partition coefficient (Wildman–Crippen LogP) is 11.9. The minimum atomic E-state index is 0.772. The zero-order valence-corrected chi connectivity index (χ0v) is 26.3. The van der Waals surface area contributed by atoms with Crippen LogP contribution in [0.1, 0.15) is 0 Å². The van der Waals surface area contributed by atoms with Gasteiger partial charge in [-0.05, 0) is 53.1 Å². The van der Waals surface area contributed by atoms with Gasteiger partial charge in [0.25, 0.3) is 0 Å². The highest BCUT2D eigenvalue weighted by Crippen LogP contribution is 2.46. The summed E-state index contributed by atoms with van der Waals surface area (Å²) in [6.07, 6.45) is 3.64. The Labute approximate surface area is 282 Å². The van der Waals surface area contributed by atoms with Crippen molar-refractivity contribution in [2.45, 2.75) is 0 Å². The number of para-hydroxylation sites is 2. The van der Waals surface area contributed by atoms with E-state index in [0.29, 0.717) is 0 Å². The number of fused-ring (bicyclic) bond motifs is 7. The number of hydrogen-bond donors (Lipinski definition) is 0. The molecular weight excluding hydrogens is 599 g/mol. The first-order valence-corrected chi connectivity index (χ1v) is 16.4. The molecule has 0 spiro atoms. The van der Waals surface area contributed by atoms with Gasteiger partial charge in [-0.25, -0.2) is 9.97 Å². The summed E-state index contributed by atoms with van der Waals surface area (Å²) >= 11 is 0. The predicted molar refractivity (Wildman–Crippen MR) is 201 cm³/mol. The first kappa shape index (κ1) is 27.5. The molecule has 0 saturated carbocycles. The van der Waals surface area contributed by atoms with Gasteiger partial charge < -0.3 is 4.42 Å². The van der Waals surface area contributed by atoms with Gasteiger partial charge in [-0.15, -0.1) is 0 Å². The molecule has 49 heavy (non-hydrogen) atoms. The van der Waals surface area contributed by atoms with Gasteiger partial charge >= 0.3 is 0 Å².